The average molecular weight is 297 g/mol. The Morgan fingerprint density at radius 3 is 3.00 bits per heavy atom. The van der Waals surface area contributed by atoms with E-state index in [-0.39, 0.29) is 11.6 Å². The van der Waals surface area contributed by atoms with Gasteiger partial charge in [-0.1, -0.05) is 0 Å². The molecule has 0 saturated carbocycles. The largest absolute Gasteiger partial charge is 0.338 e. The van der Waals surface area contributed by atoms with E-state index in [4.69, 9.17) is 0 Å². The van der Waals surface area contributed by atoms with E-state index in [0.29, 0.717) is 15.7 Å². The van der Waals surface area contributed by atoms with Gasteiger partial charge in [-0.15, -0.1) is 11.3 Å². The first-order valence-electron chi connectivity index (χ1n) is 6.71. The summed E-state index contributed by atoms with van der Waals surface area (Å²) in [5.41, 5.74) is 0.0436. The van der Waals surface area contributed by atoms with Crippen LogP contribution < -0.4 is 5.32 Å². The van der Waals surface area contributed by atoms with Crippen molar-refractivity contribution < 1.29 is 9.72 Å². The van der Waals surface area contributed by atoms with Crippen LogP contribution in [0.4, 0.5) is 5.69 Å². The van der Waals surface area contributed by atoms with Crippen LogP contribution in [0.3, 0.4) is 0 Å². The third kappa shape index (κ3) is 3.16. The second kappa shape index (κ2) is 6.32. The van der Waals surface area contributed by atoms with Gasteiger partial charge in [0.2, 0.25) is 0 Å². The fraction of sp³-hybridized carbons (Fsp3) is 0.615. The summed E-state index contributed by atoms with van der Waals surface area (Å²) in [6.07, 6.45) is 2.11. The van der Waals surface area contributed by atoms with E-state index in [9.17, 15) is 14.9 Å². The quantitative estimate of drug-likeness (QED) is 0.681. The van der Waals surface area contributed by atoms with Crippen molar-refractivity contribution in [2.75, 3.05) is 26.7 Å². The molecule has 1 aliphatic heterocycles. The van der Waals surface area contributed by atoms with Crippen molar-refractivity contribution in [1.82, 2.24) is 10.2 Å². The SMILES string of the molecule is CNCC1CCCN(C(=O)c2cc([N+](=O)[O-])c(C)s2)C1. The first-order chi connectivity index (χ1) is 9.52. The summed E-state index contributed by atoms with van der Waals surface area (Å²) in [7, 11) is 1.91. The maximum absolute atomic E-state index is 12.4. The number of rotatable bonds is 4. The Balaban J connectivity index is 2.10. The van der Waals surface area contributed by atoms with Crippen LogP contribution in [0.5, 0.6) is 0 Å². The molecule has 110 valence electrons. The molecule has 1 aliphatic rings. The number of hydrogen-bond donors (Lipinski definition) is 1. The predicted octanol–water partition coefficient (Wildman–Crippen LogP) is 2.04. The molecular weight excluding hydrogens is 278 g/mol. The number of thiophene rings is 1. The van der Waals surface area contributed by atoms with Crippen molar-refractivity contribution in [2.24, 2.45) is 5.92 Å². The summed E-state index contributed by atoms with van der Waals surface area (Å²) in [6, 6.07) is 1.41. The van der Waals surface area contributed by atoms with Gasteiger partial charge in [0.05, 0.1) is 14.7 Å². The molecule has 7 heteroatoms. The second-order valence-corrected chi connectivity index (χ2v) is 6.38. The number of piperidine rings is 1. The third-order valence-electron chi connectivity index (χ3n) is 3.60. The normalized spacial score (nSPS) is 19.1. The molecule has 1 N–H and O–H groups in total. The van der Waals surface area contributed by atoms with Crippen LogP contribution in [-0.4, -0.2) is 42.4 Å². The van der Waals surface area contributed by atoms with Crippen LogP contribution in [0.15, 0.2) is 6.07 Å². The molecule has 20 heavy (non-hydrogen) atoms. The molecule has 1 aromatic rings. The molecule has 1 aromatic heterocycles. The number of hydrogen-bond acceptors (Lipinski definition) is 5. The number of aryl methyl sites for hydroxylation is 1. The van der Waals surface area contributed by atoms with E-state index in [2.05, 4.69) is 5.32 Å². The number of amides is 1. The Hall–Kier alpha value is -1.47. The highest BCUT2D eigenvalue weighted by Gasteiger charge is 2.27. The molecule has 1 saturated heterocycles. The van der Waals surface area contributed by atoms with Crippen LogP contribution in [0.2, 0.25) is 0 Å². The molecule has 1 fully saturated rings. The minimum absolute atomic E-state index is 0.0436. The van der Waals surface area contributed by atoms with Gasteiger partial charge >= 0.3 is 0 Å². The topological polar surface area (TPSA) is 75.5 Å². The van der Waals surface area contributed by atoms with E-state index in [1.165, 1.54) is 17.4 Å². The Morgan fingerprint density at radius 2 is 2.40 bits per heavy atom. The first-order valence-corrected chi connectivity index (χ1v) is 7.53. The number of carbonyl (C=O) groups is 1. The summed E-state index contributed by atoms with van der Waals surface area (Å²) in [4.78, 5) is 25.7. The van der Waals surface area contributed by atoms with Crippen LogP contribution in [0.25, 0.3) is 0 Å². The molecule has 0 aromatic carbocycles. The lowest BCUT2D eigenvalue weighted by molar-refractivity contribution is -0.385. The van der Waals surface area contributed by atoms with Gasteiger partial charge < -0.3 is 10.2 Å². The zero-order chi connectivity index (χ0) is 14.7. The Bertz CT molecular complexity index is 513. The third-order valence-corrected chi connectivity index (χ3v) is 4.63. The Kier molecular flexibility index (Phi) is 4.72. The van der Waals surface area contributed by atoms with E-state index >= 15 is 0 Å². The van der Waals surface area contributed by atoms with E-state index in [1.807, 2.05) is 11.9 Å². The highest BCUT2D eigenvalue weighted by atomic mass is 32.1. The van der Waals surface area contributed by atoms with Gasteiger partial charge in [0.15, 0.2) is 0 Å². The van der Waals surface area contributed by atoms with Crippen molar-refractivity contribution in [2.45, 2.75) is 19.8 Å². The zero-order valence-corrected chi connectivity index (χ0v) is 12.5. The van der Waals surface area contributed by atoms with Crippen molar-refractivity contribution in [3.8, 4) is 0 Å². The van der Waals surface area contributed by atoms with Crippen LogP contribution in [0, 0.1) is 23.0 Å². The van der Waals surface area contributed by atoms with Gasteiger partial charge in [0.1, 0.15) is 0 Å². The van der Waals surface area contributed by atoms with E-state index < -0.39 is 4.92 Å². The van der Waals surface area contributed by atoms with Gasteiger partial charge in [-0.3, -0.25) is 14.9 Å². The molecule has 6 nitrogen and oxygen atoms in total. The highest BCUT2D eigenvalue weighted by Crippen LogP contribution is 2.30. The molecule has 1 atom stereocenters. The molecule has 0 radical (unpaired) electrons. The van der Waals surface area contributed by atoms with Gasteiger partial charge in [-0.05, 0) is 39.3 Å². The highest BCUT2D eigenvalue weighted by molar-refractivity contribution is 7.14. The van der Waals surface area contributed by atoms with Gasteiger partial charge in [-0.25, -0.2) is 0 Å². The molecule has 2 rings (SSSR count). The summed E-state index contributed by atoms with van der Waals surface area (Å²) in [5.74, 6) is 0.390. The Morgan fingerprint density at radius 1 is 1.65 bits per heavy atom. The fourth-order valence-electron chi connectivity index (χ4n) is 2.62. The summed E-state index contributed by atoms with van der Waals surface area (Å²) >= 11 is 1.21. The first kappa shape index (κ1) is 14.9. The fourth-order valence-corrected chi connectivity index (χ4v) is 3.57. The molecular formula is C13H19N3O3S. The maximum atomic E-state index is 12.4. The maximum Gasteiger partial charge on any atom is 0.283 e. The average Bonchev–Trinajstić information content (AvgIpc) is 2.81. The lowest BCUT2D eigenvalue weighted by Gasteiger charge is -2.32. The molecule has 1 amide bonds. The summed E-state index contributed by atoms with van der Waals surface area (Å²) in [5, 5.41) is 14.0. The molecule has 0 aliphatic carbocycles. The van der Waals surface area contributed by atoms with Gasteiger partial charge in [-0.2, -0.15) is 0 Å². The van der Waals surface area contributed by atoms with Gasteiger partial charge in [0.25, 0.3) is 11.6 Å². The lowest BCUT2D eigenvalue weighted by atomic mass is 9.98. The van der Waals surface area contributed by atoms with Crippen LogP contribution in [-0.2, 0) is 0 Å². The van der Waals surface area contributed by atoms with Crippen LogP contribution in [0.1, 0.15) is 27.4 Å². The zero-order valence-electron chi connectivity index (χ0n) is 11.7. The smallest absolute Gasteiger partial charge is 0.283 e. The van der Waals surface area contributed by atoms with Crippen molar-refractivity contribution >= 4 is 22.9 Å². The Labute approximate surface area is 121 Å². The minimum atomic E-state index is -0.428. The second-order valence-electron chi connectivity index (χ2n) is 5.13. The van der Waals surface area contributed by atoms with Crippen molar-refractivity contribution in [1.29, 1.82) is 0 Å². The lowest BCUT2D eigenvalue weighted by Crippen LogP contribution is -2.42. The number of carbonyl (C=O) groups excluding carboxylic acids is 1. The van der Waals surface area contributed by atoms with Gasteiger partial charge in [0, 0.05) is 19.2 Å². The van der Waals surface area contributed by atoms with E-state index in [1.54, 1.807) is 6.92 Å². The number of nitrogens with zero attached hydrogens (tertiary/aromatic N) is 2. The number of nitro groups is 1. The summed E-state index contributed by atoms with van der Waals surface area (Å²) in [6.45, 7) is 4.04. The number of nitrogens with one attached hydrogen (secondary N) is 1. The number of likely N-dealkylation sites (tertiary alicyclic amines) is 1. The van der Waals surface area contributed by atoms with E-state index in [0.717, 1.165) is 32.5 Å². The van der Waals surface area contributed by atoms with Crippen LogP contribution >= 0.6 is 11.3 Å². The molecule has 2 heterocycles. The molecule has 0 spiro atoms. The molecule has 0 bridgehead atoms. The van der Waals surface area contributed by atoms with Crippen molar-refractivity contribution in [3.05, 3.63) is 25.9 Å². The molecule has 1 unspecified atom stereocenters. The monoisotopic (exact) mass is 297 g/mol. The standard InChI is InChI=1S/C13H19N3O3S/c1-9-11(16(18)19)6-12(20-9)13(17)15-5-3-4-10(8-15)7-14-2/h6,10,14H,3-5,7-8H2,1-2H3. The predicted molar refractivity (Wildman–Crippen MR) is 78.3 cm³/mol. The minimum Gasteiger partial charge on any atom is -0.338 e. The van der Waals surface area contributed by atoms with Crippen molar-refractivity contribution in [3.63, 3.8) is 0 Å². The summed E-state index contributed by atoms with van der Waals surface area (Å²) < 4.78 is 0.